The zero-order chi connectivity index (χ0) is 30.9. The Hall–Kier alpha value is -3.35. The molecule has 0 spiro atoms. The van der Waals surface area contributed by atoms with Crippen molar-refractivity contribution in [1.29, 1.82) is 0 Å². The van der Waals surface area contributed by atoms with Gasteiger partial charge in [-0.3, -0.25) is 9.59 Å². The molecule has 0 N–H and O–H groups in total. The molecule has 45 heavy (non-hydrogen) atoms. The van der Waals surface area contributed by atoms with E-state index in [0.717, 1.165) is 54.8 Å². The molecule has 1 heterocycles. The van der Waals surface area contributed by atoms with Crippen LogP contribution in [-0.4, -0.2) is 16.6 Å². The number of benzene rings is 4. The molecule has 0 bridgehead atoms. The van der Waals surface area contributed by atoms with Crippen LogP contribution in [0.15, 0.2) is 111 Å². The monoisotopic (exact) mass is 719 g/mol. The zero-order valence-corrected chi connectivity index (χ0v) is 29.0. The number of Topliss-reactive ketones (excluding diaryl/α,β-unsaturated/α-hetero) is 2. The number of hydrogen-bond donors (Lipinski definition) is 0. The molecule has 5 rings (SSSR count). The van der Waals surface area contributed by atoms with E-state index in [0.29, 0.717) is 26.0 Å². The fourth-order valence-electron chi connectivity index (χ4n) is 4.37. The molecule has 0 aliphatic rings. The van der Waals surface area contributed by atoms with Crippen LogP contribution in [-0.2, 0) is 14.6 Å². The SMILES string of the molecule is CC(=O)c1cccc(C(C)=O)n1.Cc1cccc(Cl)c1-c1ccccc1[N]=[Fe+2]=[N]c1ccccc1-c1c(C)cccc1Cl.[Cl-].[Cl-]. The van der Waals surface area contributed by atoms with E-state index < -0.39 is 0 Å². The number of carbonyl (C=O) groups is 2. The van der Waals surface area contributed by atoms with Crippen LogP contribution in [0.4, 0.5) is 11.4 Å². The van der Waals surface area contributed by atoms with Crippen LogP contribution in [0.25, 0.3) is 22.3 Å². The van der Waals surface area contributed by atoms with Gasteiger partial charge in [0, 0.05) is 13.8 Å². The molecule has 1 aromatic heterocycles. The number of ketones is 2. The number of hydrogen-bond acceptors (Lipinski definition) is 5. The maximum atomic E-state index is 10.8. The van der Waals surface area contributed by atoms with Gasteiger partial charge >= 0.3 is 199 Å². The first-order chi connectivity index (χ1) is 20.7. The Morgan fingerprint density at radius 2 is 0.956 bits per heavy atom. The quantitative estimate of drug-likeness (QED) is 0.186. The molecule has 5 aromatic rings. The number of aromatic nitrogens is 1. The third-order valence-corrected chi connectivity index (χ3v) is 7.89. The molecular weight excluding hydrogens is 692 g/mol. The predicted molar refractivity (Wildman–Crippen MR) is 172 cm³/mol. The van der Waals surface area contributed by atoms with E-state index in [9.17, 15) is 9.59 Å². The second kappa shape index (κ2) is 18.0. The Balaban J connectivity index is 0.000000428. The average molecular weight is 721 g/mol. The minimum atomic E-state index is -0.127. The van der Waals surface area contributed by atoms with Gasteiger partial charge in [-0.25, -0.2) is 4.98 Å². The summed E-state index contributed by atoms with van der Waals surface area (Å²) in [6.45, 7) is 6.97. The molecule has 0 aliphatic heterocycles. The molecule has 0 amide bonds. The standard InChI is InChI=1S/2C13H10ClN.C9H9NO2.2ClH.Fe/c2*1-9-5-4-7-11(14)13(9)10-6-2-3-8-12(10)15;1-6(11)8-4-3-5-9(10-8)7(2)12;;;/h2*2-8H,1H3;3-5H,1-2H3;2*1H;/q;;;;;+2/p-2. The first kappa shape index (κ1) is 37.8. The van der Waals surface area contributed by atoms with Gasteiger partial charge in [0.05, 0.1) is 0 Å². The fourth-order valence-corrected chi connectivity index (χ4v) is 5.75. The molecule has 4 aromatic carbocycles. The number of rotatable bonds is 6. The van der Waals surface area contributed by atoms with Crippen molar-refractivity contribution in [1.82, 2.24) is 4.98 Å². The van der Waals surface area contributed by atoms with Crippen molar-refractivity contribution in [3.8, 4) is 22.3 Å². The number of pyridine rings is 1. The van der Waals surface area contributed by atoms with Gasteiger partial charge in [-0.1, -0.05) is 6.07 Å². The van der Waals surface area contributed by atoms with Crippen molar-refractivity contribution in [2.75, 3.05) is 0 Å². The van der Waals surface area contributed by atoms with E-state index in [1.807, 2.05) is 72.8 Å². The second-order valence-electron chi connectivity index (χ2n) is 9.65. The van der Waals surface area contributed by atoms with Crippen LogP contribution in [0.5, 0.6) is 0 Å². The summed E-state index contributed by atoms with van der Waals surface area (Å²) < 4.78 is 9.56. The summed E-state index contributed by atoms with van der Waals surface area (Å²) in [5.74, 6) is -0.254. The van der Waals surface area contributed by atoms with Crippen LogP contribution >= 0.6 is 23.2 Å². The molecule has 0 saturated heterocycles. The van der Waals surface area contributed by atoms with Gasteiger partial charge < -0.3 is 24.8 Å². The number of halogens is 4. The van der Waals surface area contributed by atoms with E-state index in [1.54, 1.807) is 18.2 Å². The summed E-state index contributed by atoms with van der Waals surface area (Å²) in [4.78, 5) is 25.6. The van der Waals surface area contributed by atoms with E-state index in [2.05, 4.69) is 31.0 Å². The van der Waals surface area contributed by atoms with Gasteiger partial charge in [-0.15, -0.1) is 0 Å². The van der Waals surface area contributed by atoms with Crippen molar-refractivity contribution in [2.45, 2.75) is 27.7 Å². The van der Waals surface area contributed by atoms with Gasteiger partial charge in [0.25, 0.3) is 0 Å². The predicted octanol–water partition coefficient (Wildman–Crippen LogP) is 4.85. The first-order valence-corrected chi connectivity index (χ1v) is 15.1. The number of aryl methyl sites for hydroxylation is 2. The molecule has 0 fully saturated rings. The van der Waals surface area contributed by atoms with Crippen molar-refractivity contribution < 1.29 is 49.0 Å². The van der Waals surface area contributed by atoms with Crippen LogP contribution < -0.4 is 24.8 Å². The molecule has 0 saturated carbocycles. The zero-order valence-electron chi connectivity index (χ0n) is 24.8. The third kappa shape index (κ3) is 9.82. The summed E-state index contributed by atoms with van der Waals surface area (Å²) in [7, 11) is 0. The third-order valence-electron chi connectivity index (χ3n) is 6.50. The smallest absolute Gasteiger partial charge is 1.00 e. The molecule has 0 radical (unpaired) electrons. The molecule has 0 unspecified atom stereocenters. The largest absolute Gasteiger partial charge is 1.00 e. The van der Waals surface area contributed by atoms with E-state index in [-0.39, 0.29) is 36.4 Å². The molecule has 5 nitrogen and oxygen atoms in total. The fraction of sp³-hybridized carbons (Fsp3) is 0.114. The van der Waals surface area contributed by atoms with Crippen molar-refractivity contribution >= 4 is 46.1 Å². The van der Waals surface area contributed by atoms with Crippen LogP contribution in [0.3, 0.4) is 0 Å². The van der Waals surface area contributed by atoms with Crippen molar-refractivity contribution in [3.63, 3.8) is 0 Å². The molecule has 232 valence electrons. The maximum Gasteiger partial charge on any atom is -1.00 e. The minimum absolute atomic E-state index is 0. The van der Waals surface area contributed by atoms with E-state index in [4.69, 9.17) is 31.1 Å². The topological polar surface area (TPSA) is 71.8 Å². The van der Waals surface area contributed by atoms with Gasteiger partial charge in [0.15, 0.2) is 11.6 Å². The Labute approximate surface area is 292 Å². The molecule has 10 heteroatoms. The summed E-state index contributed by atoms with van der Waals surface area (Å²) in [5.41, 5.74) is 8.68. The minimum Gasteiger partial charge on any atom is -1.00 e. The van der Waals surface area contributed by atoms with E-state index >= 15 is 0 Å². The van der Waals surface area contributed by atoms with Gasteiger partial charge in [0.2, 0.25) is 0 Å². The normalized spacial score (nSPS) is 9.82. The van der Waals surface area contributed by atoms with Crippen LogP contribution in [0.1, 0.15) is 46.0 Å². The van der Waals surface area contributed by atoms with Crippen molar-refractivity contribution in [2.24, 2.45) is 7.92 Å². The van der Waals surface area contributed by atoms with Crippen molar-refractivity contribution in [3.05, 3.63) is 136 Å². The molecule has 0 aliphatic carbocycles. The average Bonchev–Trinajstić information content (AvgIpc) is 2.99. The number of nitrogens with zero attached hydrogens (tertiary/aromatic N) is 3. The van der Waals surface area contributed by atoms with Crippen LogP contribution in [0, 0.1) is 13.8 Å². The first-order valence-electron chi connectivity index (χ1n) is 13.4. The van der Waals surface area contributed by atoms with Gasteiger partial charge in [0.1, 0.15) is 11.4 Å². The summed E-state index contributed by atoms with van der Waals surface area (Å²) >= 11 is 13.3. The molecular formula is C35H29Cl4FeN3O2. The Kier molecular flexibility index (Phi) is 15.1. The summed E-state index contributed by atoms with van der Waals surface area (Å²) in [6.07, 6.45) is 0. The molecule has 0 atom stereocenters. The second-order valence-corrected chi connectivity index (χ2v) is 11.2. The van der Waals surface area contributed by atoms with Gasteiger partial charge in [-0.2, -0.15) is 0 Å². The van der Waals surface area contributed by atoms with Crippen LogP contribution in [0.2, 0.25) is 10.0 Å². The summed E-state index contributed by atoms with van der Waals surface area (Å²) in [6, 6.07) is 32.8. The maximum absolute atomic E-state index is 10.8. The Morgan fingerprint density at radius 1 is 0.578 bits per heavy atom. The van der Waals surface area contributed by atoms with Gasteiger partial charge in [-0.05, 0) is 12.1 Å². The number of carbonyl (C=O) groups excluding carboxylic acids is 2. The van der Waals surface area contributed by atoms with E-state index in [1.165, 1.54) is 13.8 Å². The summed E-state index contributed by atoms with van der Waals surface area (Å²) in [5, 5.41) is 1.44. The Morgan fingerprint density at radius 3 is 1.33 bits per heavy atom. The Bertz CT molecular complexity index is 1720.